The van der Waals surface area contributed by atoms with Crippen LogP contribution in [0.25, 0.3) is 0 Å². The number of nitrogens with zero attached hydrogens (tertiary/aromatic N) is 2. The molecule has 0 fully saturated rings. The minimum absolute atomic E-state index is 0.193. The maximum absolute atomic E-state index is 9.89. The molecule has 6 heteroatoms. The van der Waals surface area contributed by atoms with Crippen LogP contribution in [0.5, 0.6) is 0 Å². The summed E-state index contributed by atoms with van der Waals surface area (Å²) in [5, 5.41) is 9.89. The van der Waals surface area contributed by atoms with E-state index in [2.05, 4.69) is 52.5 Å². The molecule has 1 aliphatic carbocycles. The van der Waals surface area contributed by atoms with Crippen molar-refractivity contribution in [3.63, 3.8) is 0 Å². The van der Waals surface area contributed by atoms with E-state index in [0.717, 1.165) is 15.6 Å². The van der Waals surface area contributed by atoms with Crippen LogP contribution in [-0.4, -0.2) is 15.1 Å². The molecular weight excluding hydrogens is 367 g/mol. The van der Waals surface area contributed by atoms with Gasteiger partial charge in [-0.05, 0) is 52.8 Å². The molecule has 1 aromatic heterocycles. The van der Waals surface area contributed by atoms with Crippen molar-refractivity contribution >= 4 is 34.4 Å². The van der Waals surface area contributed by atoms with Crippen molar-refractivity contribution in [1.29, 1.82) is 0 Å². The third-order valence-electron chi connectivity index (χ3n) is 3.59. The van der Waals surface area contributed by atoms with E-state index in [1.54, 1.807) is 6.20 Å². The van der Waals surface area contributed by atoms with Crippen LogP contribution in [-0.2, 0) is 6.42 Å². The van der Waals surface area contributed by atoms with E-state index in [1.807, 2.05) is 6.08 Å². The van der Waals surface area contributed by atoms with Gasteiger partial charge >= 0.3 is 0 Å². The standard InChI is InChI=1S/C14H19IN4O/c1-7(2)10-5-12(20)11(15)4-8(10)3-9-6-18-14(17)19-13(9)16/h4-8,10,20H,3H2,1-2H3,(H4,16,17,18,19). The van der Waals surface area contributed by atoms with E-state index in [1.165, 1.54) is 0 Å². The normalized spacial score (nSPS) is 22.6. The molecular formula is C14H19IN4O. The van der Waals surface area contributed by atoms with Crippen LogP contribution >= 0.6 is 22.6 Å². The molecule has 108 valence electrons. The van der Waals surface area contributed by atoms with Crippen molar-refractivity contribution < 1.29 is 5.11 Å². The molecule has 0 radical (unpaired) electrons. The van der Waals surface area contributed by atoms with Gasteiger partial charge < -0.3 is 16.6 Å². The molecule has 1 aromatic rings. The maximum Gasteiger partial charge on any atom is 0.221 e. The Labute approximate surface area is 132 Å². The Morgan fingerprint density at radius 1 is 1.35 bits per heavy atom. The average molecular weight is 386 g/mol. The summed E-state index contributed by atoms with van der Waals surface area (Å²) in [5.41, 5.74) is 12.3. The predicted molar refractivity (Wildman–Crippen MR) is 89.2 cm³/mol. The van der Waals surface area contributed by atoms with Gasteiger partial charge in [-0.15, -0.1) is 0 Å². The fourth-order valence-electron chi connectivity index (χ4n) is 2.50. The minimum atomic E-state index is 0.193. The topological polar surface area (TPSA) is 98.0 Å². The van der Waals surface area contributed by atoms with E-state index < -0.39 is 0 Å². The Balaban J connectivity index is 2.26. The van der Waals surface area contributed by atoms with E-state index in [9.17, 15) is 5.11 Å². The minimum Gasteiger partial charge on any atom is -0.507 e. The Hall–Kier alpha value is -1.31. The Morgan fingerprint density at radius 2 is 2.05 bits per heavy atom. The van der Waals surface area contributed by atoms with Gasteiger partial charge in [0.2, 0.25) is 5.95 Å². The van der Waals surface area contributed by atoms with Crippen molar-refractivity contribution in [2.24, 2.45) is 17.8 Å². The number of anilines is 2. The third-order valence-corrected chi connectivity index (χ3v) is 4.50. The lowest BCUT2D eigenvalue weighted by atomic mass is 9.77. The second kappa shape index (κ2) is 5.99. The van der Waals surface area contributed by atoms with Gasteiger partial charge in [-0.2, -0.15) is 4.98 Å². The Bertz CT molecular complexity index is 568. The molecule has 0 saturated carbocycles. The summed E-state index contributed by atoms with van der Waals surface area (Å²) >= 11 is 2.15. The van der Waals surface area contributed by atoms with Crippen LogP contribution < -0.4 is 11.5 Å². The molecule has 2 rings (SSSR count). The number of aliphatic hydroxyl groups excluding tert-OH is 1. The maximum atomic E-state index is 9.89. The monoisotopic (exact) mass is 386 g/mol. The summed E-state index contributed by atoms with van der Waals surface area (Å²) in [7, 11) is 0. The quantitative estimate of drug-likeness (QED) is 0.694. The lowest BCUT2D eigenvalue weighted by Crippen LogP contribution is -2.23. The first kappa shape index (κ1) is 15.1. The van der Waals surface area contributed by atoms with Crippen LogP contribution in [0.3, 0.4) is 0 Å². The lowest BCUT2D eigenvalue weighted by Gasteiger charge is -2.29. The fraction of sp³-hybridized carbons (Fsp3) is 0.429. The van der Waals surface area contributed by atoms with Crippen LogP contribution in [0.4, 0.5) is 11.8 Å². The molecule has 2 atom stereocenters. The molecule has 0 aliphatic heterocycles. The molecule has 0 saturated heterocycles. The van der Waals surface area contributed by atoms with Gasteiger partial charge in [0.05, 0.1) is 3.58 Å². The zero-order valence-corrected chi connectivity index (χ0v) is 13.7. The van der Waals surface area contributed by atoms with Gasteiger partial charge in [0.15, 0.2) is 0 Å². The lowest BCUT2D eigenvalue weighted by molar-refractivity contribution is 0.330. The van der Waals surface area contributed by atoms with Crippen molar-refractivity contribution in [3.8, 4) is 0 Å². The Morgan fingerprint density at radius 3 is 2.65 bits per heavy atom. The molecule has 5 nitrogen and oxygen atoms in total. The first-order valence-electron chi connectivity index (χ1n) is 6.53. The summed E-state index contributed by atoms with van der Waals surface area (Å²) in [4.78, 5) is 8.01. The van der Waals surface area contributed by atoms with Gasteiger partial charge in [-0.3, -0.25) is 0 Å². The second-order valence-electron chi connectivity index (χ2n) is 5.39. The van der Waals surface area contributed by atoms with Crippen LogP contribution in [0.15, 0.2) is 27.7 Å². The number of nitrogen functional groups attached to an aromatic ring is 2. The first-order chi connectivity index (χ1) is 9.38. The summed E-state index contributed by atoms with van der Waals surface area (Å²) in [6, 6.07) is 0. The number of nitrogens with two attached hydrogens (primary N) is 2. The van der Waals surface area contributed by atoms with Crippen LogP contribution in [0, 0.1) is 17.8 Å². The summed E-state index contributed by atoms with van der Waals surface area (Å²) in [5.74, 6) is 1.96. The highest BCUT2D eigenvalue weighted by atomic mass is 127. The van der Waals surface area contributed by atoms with Crippen molar-refractivity contribution in [2.45, 2.75) is 20.3 Å². The van der Waals surface area contributed by atoms with Gasteiger partial charge in [0, 0.05) is 11.8 Å². The average Bonchev–Trinajstić information content (AvgIpc) is 2.36. The predicted octanol–water partition coefficient (Wildman–Crippen LogP) is 2.85. The van der Waals surface area contributed by atoms with E-state index in [4.69, 9.17) is 11.5 Å². The van der Waals surface area contributed by atoms with E-state index >= 15 is 0 Å². The SMILES string of the molecule is CC(C)C1C=C(O)C(I)=CC1Cc1cnc(N)nc1N. The molecule has 1 heterocycles. The number of aliphatic hydroxyl groups is 1. The van der Waals surface area contributed by atoms with E-state index in [0.29, 0.717) is 17.5 Å². The van der Waals surface area contributed by atoms with Crippen molar-refractivity contribution in [1.82, 2.24) is 9.97 Å². The first-order valence-corrected chi connectivity index (χ1v) is 7.61. The van der Waals surface area contributed by atoms with Crippen molar-refractivity contribution in [2.75, 3.05) is 11.5 Å². The molecule has 0 spiro atoms. The van der Waals surface area contributed by atoms with Gasteiger partial charge in [0.25, 0.3) is 0 Å². The molecule has 20 heavy (non-hydrogen) atoms. The number of aromatic nitrogens is 2. The zero-order valence-electron chi connectivity index (χ0n) is 11.5. The van der Waals surface area contributed by atoms with Crippen LogP contribution in [0.2, 0.25) is 0 Å². The molecule has 2 unspecified atom stereocenters. The smallest absolute Gasteiger partial charge is 0.221 e. The molecule has 5 N–H and O–H groups in total. The zero-order chi connectivity index (χ0) is 14.9. The molecule has 0 bridgehead atoms. The molecule has 1 aliphatic rings. The van der Waals surface area contributed by atoms with Gasteiger partial charge in [-0.1, -0.05) is 19.9 Å². The molecule has 0 amide bonds. The number of hydrogen-bond donors (Lipinski definition) is 3. The van der Waals surface area contributed by atoms with Crippen molar-refractivity contribution in [3.05, 3.63) is 33.3 Å². The van der Waals surface area contributed by atoms with Gasteiger partial charge in [-0.25, -0.2) is 4.98 Å². The second-order valence-corrected chi connectivity index (χ2v) is 6.56. The number of allylic oxidation sites excluding steroid dienone is 3. The summed E-state index contributed by atoms with van der Waals surface area (Å²) in [6.07, 6.45) is 6.46. The summed E-state index contributed by atoms with van der Waals surface area (Å²) < 4.78 is 0.874. The van der Waals surface area contributed by atoms with E-state index in [-0.39, 0.29) is 17.8 Å². The van der Waals surface area contributed by atoms with Crippen LogP contribution in [0.1, 0.15) is 19.4 Å². The summed E-state index contributed by atoms with van der Waals surface area (Å²) in [6.45, 7) is 4.30. The molecule has 0 aromatic carbocycles. The Kier molecular flexibility index (Phi) is 4.52. The highest BCUT2D eigenvalue weighted by Gasteiger charge is 2.27. The number of rotatable bonds is 3. The third kappa shape index (κ3) is 3.23. The number of halogens is 1. The largest absolute Gasteiger partial charge is 0.507 e. The highest BCUT2D eigenvalue weighted by Crippen LogP contribution is 2.36. The highest BCUT2D eigenvalue weighted by molar-refractivity contribution is 14.1. The fourth-order valence-corrected chi connectivity index (χ4v) is 3.14. The van der Waals surface area contributed by atoms with Gasteiger partial charge in [0.1, 0.15) is 11.6 Å². The number of hydrogen-bond acceptors (Lipinski definition) is 5.